The number of aromatic nitrogens is 1. The third-order valence-electron chi connectivity index (χ3n) is 14.0. The molecule has 3 heteroatoms. The molecule has 0 radical (unpaired) electrons. The molecule has 0 atom stereocenters. The molecule has 0 bridgehead atoms. The van der Waals surface area contributed by atoms with E-state index in [2.05, 4.69) is 240 Å². The zero-order valence-corrected chi connectivity index (χ0v) is 35.6. The molecule has 3 heterocycles. The van der Waals surface area contributed by atoms with Crippen molar-refractivity contribution in [1.82, 2.24) is 4.57 Å². The van der Waals surface area contributed by atoms with Gasteiger partial charge in [0, 0.05) is 42.3 Å². The normalized spacial score (nSPS) is 13.1. The molecular weight excluding hydrogens is 793 g/mol. The van der Waals surface area contributed by atoms with Crippen LogP contribution in [0.4, 0.5) is 17.1 Å². The van der Waals surface area contributed by atoms with Gasteiger partial charge >= 0.3 is 0 Å². The SMILES string of the molecule is c1ccc(-c2cccc(N(c3cccc(-c4ccc5c(c4)C4(c6ccccc6-c6ccccc64)c4cccc6c7ccccc7n-5c46)c3)c3cccc4sc5ccccc5c34)c2)cc1. The number of thiophene rings is 1. The lowest BCUT2D eigenvalue weighted by Crippen LogP contribution is -2.33. The van der Waals surface area contributed by atoms with Gasteiger partial charge in [0.15, 0.2) is 0 Å². The quantitative estimate of drug-likeness (QED) is 0.168. The van der Waals surface area contributed by atoms with Crippen molar-refractivity contribution >= 4 is 70.4 Å². The van der Waals surface area contributed by atoms with Crippen LogP contribution in [0.3, 0.4) is 0 Å². The van der Waals surface area contributed by atoms with Gasteiger partial charge in [-0.05, 0) is 116 Å². The van der Waals surface area contributed by atoms with Crippen LogP contribution in [-0.4, -0.2) is 4.57 Å². The summed E-state index contributed by atoms with van der Waals surface area (Å²) in [6, 6.07) is 85.9. The lowest BCUT2D eigenvalue weighted by atomic mass is 9.65. The summed E-state index contributed by atoms with van der Waals surface area (Å²) in [6.45, 7) is 0. The largest absolute Gasteiger partial charge is 0.310 e. The average molecular weight is 831 g/mol. The first kappa shape index (κ1) is 35.6. The molecule has 0 amide bonds. The molecule has 12 aromatic rings. The van der Waals surface area contributed by atoms with Crippen LogP contribution in [0, 0.1) is 0 Å². The fraction of sp³-hybridized carbons (Fsp3) is 0.0164. The summed E-state index contributed by atoms with van der Waals surface area (Å²) in [5.74, 6) is 0. The lowest BCUT2D eigenvalue weighted by Gasteiger charge is -2.40. The molecule has 1 aliphatic heterocycles. The molecule has 0 unspecified atom stereocenters. The zero-order valence-electron chi connectivity index (χ0n) is 34.7. The van der Waals surface area contributed by atoms with Crippen molar-refractivity contribution in [2.24, 2.45) is 0 Å². The van der Waals surface area contributed by atoms with E-state index in [0.717, 1.165) is 11.4 Å². The highest BCUT2D eigenvalue weighted by atomic mass is 32.1. The summed E-state index contributed by atoms with van der Waals surface area (Å²) >= 11 is 1.86. The summed E-state index contributed by atoms with van der Waals surface area (Å²) in [5, 5.41) is 5.13. The second kappa shape index (κ2) is 13.5. The number of hydrogen-bond donors (Lipinski definition) is 0. The molecular formula is C61H38N2S. The van der Waals surface area contributed by atoms with Crippen molar-refractivity contribution in [1.29, 1.82) is 0 Å². The smallest absolute Gasteiger partial charge is 0.0754 e. The maximum Gasteiger partial charge on any atom is 0.0754 e. The second-order valence-corrected chi connectivity index (χ2v) is 18.3. The summed E-state index contributed by atoms with van der Waals surface area (Å²) in [5.41, 5.74) is 19.3. The standard InChI is InChI=1S/C61H38N2S/c1-2-16-39(17-3-1)40-18-12-20-43(36-40)62(56-31-15-33-58-59(56)49-25-7-11-32-57(49)64-58)44-21-13-19-41(37-44)42-34-35-55-53(38-42)61(50-27-8-4-22-45(50)46-23-5-9-28-51(46)61)52-29-14-26-48-47-24-6-10-30-54(47)63(55)60(48)52/h1-38H. The van der Waals surface area contributed by atoms with E-state index in [4.69, 9.17) is 0 Å². The van der Waals surface area contributed by atoms with Crippen LogP contribution in [0.5, 0.6) is 0 Å². The topological polar surface area (TPSA) is 8.17 Å². The predicted molar refractivity (Wildman–Crippen MR) is 270 cm³/mol. The van der Waals surface area contributed by atoms with Crippen LogP contribution in [-0.2, 0) is 5.41 Å². The van der Waals surface area contributed by atoms with Crippen LogP contribution < -0.4 is 4.90 Å². The maximum atomic E-state index is 2.54. The van der Waals surface area contributed by atoms with Crippen LogP contribution in [0.15, 0.2) is 231 Å². The first-order valence-electron chi connectivity index (χ1n) is 22.1. The molecule has 2 aliphatic rings. The van der Waals surface area contributed by atoms with Gasteiger partial charge in [-0.15, -0.1) is 11.3 Å². The Kier molecular flexibility index (Phi) is 7.51. The van der Waals surface area contributed by atoms with Crippen molar-refractivity contribution in [2.75, 3.05) is 4.90 Å². The highest BCUT2D eigenvalue weighted by Crippen LogP contribution is 2.61. The number of hydrogen-bond acceptors (Lipinski definition) is 2. The second-order valence-electron chi connectivity index (χ2n) is 17.2. The molecule has 2 nitrogen and oxygen atoms in total. The minimum atomic E-state index is -0.514. The van der Waals surface area contributed by atoms with E-state index >= 15 is 0 Å². The molecule has 0 fully saturated rings. The number of anilines is 3. The molecule has 0 saturated carbocycles. The minimum absolute atomic E-state index is 0.514. The Morgan fingerprint density at radius 1 is 0.375 bits per heavy atom. The molecule has 1 spiro atoms. The van der Waals surface area contributed by atoms with E-state index in [9.17, 15) is 0 Å². The molecule has 298 valence electrons. The van der Waals surface area contributed by atoms with E-state index in [1.165, 1.54) is 109 Å². The van der Waals surface area contributed by atoms with Gasteiger partial charge in [0.2, 0.25) is 0 Å². The fourth-order valence-electron chi connectivity index (χ4n) is 11.4. The fourth-order valence-corrected chi connectivity index (χ4v) is 12.5. The van der Waals surface area contributed by atoms with E-state index in [1.54, 1.807) is 0 Å². The number of rotatable bonds is 5. The summed E-state index contributed by atoms with van der Waals surface area (Å²) in [4.78, 5) is 2.47. The van der Waals surface area contributed by atoms with Gasteiger partial charge in [0.25, 0.3) is 0 Å². The van der Waals surface area contributed by atoms with E-state index < -0.39 is 5.41 Å². The third kappa shape index (κ3) is 4.85. The number of benzene rings is 10. The Labute approximate surface area is 375 Å². The summed E-state index contributed by atoms with van der Waals surface area (Å²) in [7, 11) is 0. The molecule has 0 N–H and O–H groups in total. The first-order chi connectivity index (χ1) is 31.8. The van der Waals surface area contributed by atoms with Crippen molar-refractivity contribution in [3.05, 3.63) is 253 Å². The monoisotopic (exact) mass is 830 g/mol. The van der Waals surface area contributed by atoms with Gasteiger partial charge in [-0.1, -0.05) is 170 Å². The highest BCUT2D eigenvalue weighted by molar-refractivity contribution is 7.26. The highest BCUT2D eigenvalue weighted by Gasteiger charge is 2.50. The predicted octanol–water partition coefficient (Wildman–Crippen LogP) is 16.6. The van der Waals surface area contributed by atoms with E-state index in [-0.39, 0.29) is 0 Å². The summed E-state index contributed by atoms with van der Waals surface area (Å²) in [6.07, 6.45) is 0. The third-order valence-corrected chi connectivity index (χ3v) is 15.1. The maximum absolute atomic E-state index is 2.54. The van der Waals surface area contributed by atoms with Crippen LogP contribution in [0.2, 0.25) is 0 Å². The van der Waals surface area contributed by atoms with Crippen molar-refractivity contribution < 1.29 is 0 Å². The van der Waals surface area contributed by atoms with Gasteiger partial charge < -0.3 is 9.47 Å². The zero-order chi connectivity index (χ0) is 41.9. The van der Waals surface area contributed by atoms with Crippen LogP contribution in [0.25, 0.3) is 81.0 Å². The Bertz CT molecular complexity index is 3820. The summed E-state index contributed by atoms with van der Waals surface area (Å²) < 4.78 is 5.12. The van der Waals surface area contributed by atoms with Crippen molar-refractivity contribution in [2.45, 2.75) is 5.41 Å². The van der Waals surface area contributed by atoms with Gasteiger partial charge in [-0.3, -0.25) is 0 Å². The molecule has 64 heavy (non-hydrogen) atoms. The van der Waals surface area contributed by atoms with E-state index in [0.29, 0.717) is 0 Å². The molecule has 1 aliphatic carbocycles. The Morgan fingerprint density at radius 2 is 0.938 bits per heavy atom. The van der Waals surface area contributed by atoms with Crippen LogP contribution >= 0.6 is 11.3 Å². The molecule has 10 aromatic carbocycles. The number of nitrogens with zero attached hydrogens (tertiary/aromatic N) is 2. The van der Waals surface area contributed by atoms with Crippen molar-refractivity contribution in [3.63, 3.8) is 0 Å². The minimum Gasteiger partial charge on any atom is -0.310 e. The average Bonchev–Trinajstić information content (AvgIpc) is 4.01. The Hall–Kier alpha value is -7.98. The van der Waals surface area contributed by atoms with Gasteiger partial charge in [-0.25, -0.2) is 0 Å². The van der Waals surface area contributed by atoms with Gasteiger partial charge in [0.1, 0.15) is 0 Å². The Morgan fingerprint density at radius 3 is 1.72 bits per heavy atom. The van der Waals surface area contributed by atoms with Gasteiger partial charge in [-0.2, -0.15) is 0 Å². The molecule has 2 aromatic heterocycles. The molecule has 0 saturated heterocycles. The Balaban J connectivity index is 1.02. The lowest BCUT2D eigenvalue weighted by molar-refractivity contribution is 0.749. The van der Waals surface area contributed by atoms with E-state index in [1.807, 2.05) is 11.3 Å². The number of para-hydroxylation sites is 2. The van der Waals surface area contributed by atoms with Crippen LogP contribution in [0.1, 0.15) is 22.3 Å². The van der Waals surface area contributed by atoms with Crippen molar-refractivity contribution in [3.8, 4) is 39.1 Å². The van der Waals surface area contributed by atoms with Gasteiger partial charge in [0.05, 0.1) is 27.8 Å². The molecule has 14 rings (SSSR count). The number of fused-ring (bicyclic) bond motifs is 15. The first-order valence-corrected chi connectivity index (χ1v) is 22.9.